The van der Waals surface area contributed by atoms with Crippen LogP contribution < -0.4 is 0 Å². The maximum Gasteiger partial charge on any atom is 0.305 e. The molecule has 7 heteroatoms. The Morgan fingerprint density at radius 3 is 2.64 bits per heavy atom. The van der Waals surface area contributed by atoms with Gasteiger partial charge in [0.15, 0.2) is 0 Å². The Morgan fingerprint density at radius 1 is 1.12 bits per heavy atom. The zero-order valence-electron chi connectivity index (χ0n) is 19.4. The van der Waals surface area contributed by atoms with Crippen molar-refractivity contribution in [3.05, 3.63) is 58.9 Å². The fraction of sp³-hybridized carbons (Fsp3) is 0.385. The maximum absolute atomic E-state index is 11.7. The molecule has 0 unspecified atom stereocenters. The van der Waals surface area contributed by atoms with Crippen LogP contribution in [0, 0.1) is 11.3 Å². The number of esters is 2. The van der Waals surface area contributed by atoms with Crippen molar-refractivity contribution in [2.75, 3.05) is 6.61 Å². The fourth-order valence-corrected chi connectivity index (χ4v) is 3.95. The lowest BCUT2D eigenvalue weighted by atomic mass is 9.93. The van der Waals surface area contributed by atoms with Gasteiger partial charge in [0, 0.05) is 24.6 Å². The highest BCUT2D eigenvalue weighted by molar-refractivity contribution is 5.84. The maximum atomic E-state index is 11.7. The number of nitrogens with zero attached hydrogens (tertiary/aromatic N) is 3. The van der Waals surface area contributed by atoms with E-state index in [2.05, 4.69) is 13.0 Å². The van der Waals surface area contributed by atoms with Gasteiger partial charge in [0.05, 0.1) is 23.8 Å². The molecule has 0 radical (unpaired) electrons. The quantitative estimate of drug-likeness (QED) is 0.328. The van der Waals surface area contributed by atoms with Crippen LogP contribution in [0.15, 0.2) is 36.4 Å². The smallest absolute Gasteiger partial charge is 0.305 e. The molecule has 2 heterocycles. The number of fused-ring (bicyclic) bond motifs is 1. The summed E-state index contributed by atoms with van der Waals surface area (Å²) >= 11 is 0. The third kappa shape index (κ3) is 5.78. The molecule has 3 aromatic rings. The number of ether oxygens (including phenoxy) is 2. The highest BCUT2D eigenvalue weighted by Crippen LogP contribution is 2.33. The molecule has 0 N–H and O–H groups in total. The number of hydrogen-bond acceptors (Lipinski definition) is 6. The Balaban J connectivity index is 2.10. The van der Waals surface area contributed by atoms with Gasteiger partial charge >= 0.3 is 11.9 Å². The van der Waals surface area contributed by atoms with E-state index in [0.717, 1.165) is 40.7 Å². The molecule has 172 valence electrons. The molecule has 2 aromatic heterocycles. The summed E-state index contributed by atoms with van der Waals surface area (Å²) < 4.78 is 12.3. The van der Waals surface area contributed by atoms with E-state index in [1.54, 1.807) is 13.0 Å². The molecule has 0 aliphatic rings. The SMILES string of the molecule is CCOC(=O)CCCCc1c(COC(C)=O)nn2c(CC)ccc2c1-c1cccc(C#N)c1. The molecular formula is C26H29N3O4. The number of rotatable bonds is 10. The van der Waals surface area contributed by atoms with E-state index in [1.807, 2.05) is 34.8 Å². The number of carbonyl (C=O) groups excluding carboxylic acids is 2. The van der Waals surface area contributed by atoms with Crippen LogP contribution >= 0.6 is 0 Å². The lowest BCUT2D eigenvalue weighted by Gasteiger charge is -2.18. The summed E-state index contributed by atoms with van der Waals surface area (Å²) in [6.07, 6.45) is 3.22. The average molecular weight is 448 g/mol. The average Bonchev–Trinajstić information content (AvgIpc) is 3.22. The molecule has 3 rings (SSSR count). The van der Waals surface area contributed by atoms with E-state index in [9.17, 15) is 14.9 Å². The van der Waals surface area contributed by atoms with Gasteiger partial charge in [0.1, 0.15) is 12.3 Å². The molecule has 0 aliphatic carbocycles. The molecule has 0 saturated heterocycles. The van der Waals surface area contributed by atoms with Gasteiger partial charge < -0.3 is 9.47 Å². The van der Waals surface area contributed by atoms with E-state index in [-0.39, 0.29) is 18.5 Å². The molecule has 7 nitrogen and oxygen atoms in total. The first-order valence-corrected chi connectivity index (χ1v) is 11.3. The summed E-state index contributed by atoms with van der Waals surface area (Å²) in [5.74, 6) is -0.575. The number of carbonyl (C=O) groups is 2. The second-order valence-electron chi connectivity index (χ2n) is 7.76. The predicted molar refractivity (Wildman–Crippen MR) is 124 cm³/mol. The lowest BCUT2D eigenvalue weighted by molar-refractivity contribution is -0.143. The van der Waals surface area contributed by atoms with Crippen LogP contribution in [0.25, 0.3) is 16.6 Å². The molecular weight excluding hydrogens is 418 g/mol. The Bertz CT molecular complexity index is 1190. The lowest BCUT2D eigenvalue weighted by Crippen LogP contribution is -2.12. The minimum Gasteiger partial charge on any atom is -0.466 e. The molecule has 0 spiro atoms. The predicted octanol–water partition coefficient (Wildman–Crippen LogP) is 4.77. The van der Waals surface area contributed by atoms with Gasteiger partial charge in [-0.1, -0.05) is 19.1 Å². The van der Waals surface area contributed by atoms with Crippen LogP contribution in [-0.2, 0) is 38.5 Å². The van der Waals surface area contributed by atoms with Crippen molar-refractivity contribution in [2.24, 2.45) is 0 Å². The third-order valence-electron chi connectivity index (χ3n) is 5.48. The Labute approximate surface area is 193 Å². The van der Waals surface area contributed by atoms with E-state index in [1.165, 1.54) is 6.92 Å². The van der Waals surface area contributed by atoms with Gasteiger partial charge in [0.2, 0.25) is 0 Å². The highest BCUT2D eigenvalue weighted by Gasteiger charge is 2.20. The van der Waals surface area contributed by atoms with E-state index < -0.39 is 0 Å². The summed E-state index contributed by atoms with van der Waals surface area (Å²) in [5.41, 5.74) is 6.07. The normalized spacial score (nSPS) is 10.7. The van der Waals surface area contributed by atoms with Crippen molar-refractivity contribution >= 4 is 17.5 Å². The number of unbranched alkanes of at least 4 members (excludes halogenated alkanes) is 1. The highest BCUT2D eigenvalue weighted by atomic mass is 16.5. The first-order valence-electron chi connectivity index (χ1n) is 11.3. The van der Waals surface area contributed by atoms with Gasteiger partial charge in [-0.25, -0.2) is 4.52 Å². The summed E-state index contributed by atoms with van der Waals surface area (Å²) in [7, 11) is 0. The minimum absolute atomic E-state index is 0.0603. The molecule has 0 saturated carbocycles. The van der Waals surface area contributed by atoms with Gasteiger partial charge in [-0.3, -0.25) is 9.59 Å². The second kappa shape index (κ2) is 11.3. The number of benzene rings is 1. The minimum atomic E-state index is -0.374. The number of aryl methyl sites for hydroxylation is 1. The van der Waals surface area contributed by atoms with Crippen molar-refractivity contribution in [1.29, 1.82) is 5.26 Å². The largest absolute Gasteiger partial charge is 0.466 e. The Kier molecular flexibility index (Phi) is 8.20. The first kappa shape index (κ1) is 24.0. The molecule has 0 atom stereocenters. The van der Waals surface area contributed by atoms with Crippen molar-refractivity contribution < 1.29 is 19.1 Å². The molecule has 0 bridgehead atoms. The van der Waals surface area contributed by atoms with Crippen molar-refractivity contribution in [3.8, 4) is 17.2 Å². The zero-order valence-corrected chi connectivity index (χ0v) is 19.4. The summed E-state index contributed by atoms with van der Waals surface area (Å²) in [6.45, 7) is 5.67. The Hall–Kier alpha value is -3.66. The van der Waals surface area contributed by atoms with E-state index in [4.69, 9.17) is 14.6 Å². The fourth-order valence-electron chi connectivity index (χ4n) is 3.95. The first-order chi connectivity index (χ1) is 16.0. The molecule has 33 heavy (non-hydrogen) atoms. The van der Waals surface area contributed by atoms with Crippen LogP contribution in [0.1, 0.15) is 62.5 Å². The van der Waals surface area contributed by atoms with E-state index >= 15 is 0 Å². The third-order valence-corrected chi connectivity index (χ3v) is 5.48. The number of aromatic nitrogens is 2. The standard InChI is InChI=1S/C26H29N3O4/c1-4-21-13-14-24-26(20-10-8-9-19(15-20)16-27)22(11-6-7-12-25(31)32-5-2)23(28-29(21)24)17-33-18(3)30/h8-10,13-15H,4-7,11-12,17H2,1-3H3. The molecule has 0 aliphatic heterocycles. The van der Waals surface area contributed by atoms with Gasteiger partial charge in [-0.2, -0.15) is 10.4 Å². The molecule has 0 amide bonds. The number of hydrogen-bond donors (Lipinski definition) is 0. The van der Waals surface area contributed by atoms with E-state index in [0.29, 0.717) is 37.1 Å². The van der Waals surface area contributed by atoms with Gasteiger partial charge in [0.25, 0.3) is 0 Å². The van der Waals surface area contributed by atoms with Crippen LogP contribution in [0.5, 0.6) is 0 Å². The van der Waals surface area contributed by atoms with Crippen molar-refractivity contribution in [1.82, 2.24) is 9.61 Å². The van der Waals surface area contributed by atoms with Gasteiger partial charge in [-0.15, -0.1) is 0 Å². The summed E-state index contributed by atoms with van der Waals surface area (Å²) in [5, 5.41) is 14.3. The topological polar surface area (TPSA) is 93.7 Å². The monoisotopic (exact) mass is 447 g/mol. The van der Waals surface area contributed by atoms with Crippen LogP contribution in [-0.4, -0.2) is 28.2 Å². The van der Waals surface area contributed by atoms with Crippen molar-refractivity contribution in [3.63, 3.8) is 0 Å². The van der Waals surface area contributed by atoms with Gasteiger partial charge in [-0.05, 0) is 68.0 Å². The van der Waals surface area contributed by atoms with Crippen LogP contribution in [0.3, 0.4) is 0 Å². The van der Waals surface area contributed by atoms with Crippen LogP contribution in [0.4, 0.5) is 0 Å². The molecule has 0 fully saturated rings. The van der Waals surface area contributed by atoms with Crippen LogP contribution in [0.2, 0.25) is 0 Å². The summed E-state index contributed by atoms with van der Waals surface area (Å²) in [4.78, 5) is 23.3. The zero-order chi connectivity index (χ0) is 23.8. The molecule has 1 aromatic carbocycles. The second-order valence-corrected chi connectivity index (χ2v) is 7.76. The van der Waals surface area contributed by atoms with Crippen molar-refractivity contribution in [2.45, 2.75) is 59.5 Å². The summed E-state index contributed by atoms with van der Waals surface area (Å²) in [6, 6.07) is 13.8. The number of nitriles is 1. The Morgan fingerprint density at radius 2 is 1.94 bits per heavy atom.